The van der Waals surface area contributed by atoms with Crippen LogP contribution in [0.25, 0.3) is 0 Å². The minimum atomic E-state index is 0.270. The van der Waals surface area contributed by atoms with Gasteiger partial charge in [0, 0.05) is 0 Å². The Morgan fingerprint density at radius 1 is 0.850 bits per heavy atom. The SMILES string of the molecule is C=C(C)CC(C)(CC)C(=C)C.CC.CCCCCCC. The van der Waals surface area contributed by atoms with Crippen LogP contribution in [0.4, 0.5) is 0 Å². The zero-order valence-electron chi connectivity index (χ0n) is 15.9. The van der Waals surface area contributed by atoms with E-state index in [1.54, 1.807) is 0 Å². The smallest absolute Gasteiger partial charge is 0.00875 e. The summed E-state index contributed by atoms with van der Waals surface area (Å²) in [6, 6.07) is 0. The average molecular weight is 283 g/mol. The van der Waals surface area contributed by atoms with Crippen molar-refractivity contribution in [1.29, 1.82) is 0 Å². The Balaban J connectivity index is -0.000000277. The highest BCUT2D eigenvalue weighted by Crippen LogP contribution is 2.35. The van der Waals surface area contributed by atoms with Crippen molar-refractivity contribution >= 4 is 0 Å². The first-order chi connectivity index (χ1) is 9.33. The molecule has 0 aromatic carbocycles. The summed E-state index contributed by atoms with van der Waals surface area (Å²) in [7, 11) is 0. The molecule has 0 saturated carbocycles. The van der Waals surface area contributed by atoms with Crippen LogP contribution < -0.4 is 0 Å². The number of unbranched alkanes of at least 4 members (excludes halogenated alkanes) is 4. The fourth-order valence-corrected chi connectivity index (χ4v) is 1.92. The molecule has 0 amide bonds. The van der Waals surface area contributed by atoms with E-state index >= 15 is 0 Å². The molecule has 0 fully saturated rings. The number of allylic oxidation sites excluding steroid dienone is 2. The quantitative estimate of drug-likeness (QED) is 0.313. The molecule has 0 aliphatic heterocycles. The van der Waals surface area contributed by atoms with Crippen molar-refractivity contribution < 1.29 is 0 Å². The van der Waals surface area contributed by atoms with Gasteiger partial charge in [0.05, 0.1) is 0 Å². The maximum Gasteiger partial charge on any atom is -0.00875 e. The van der Waals surface area contributed by atoms with E-state index in [9.17, 15) is 0 Å². The minimum absolute atomic E-state index is 0.270. The molecule has 0 rings (SSSR count). The first-order valence-corrected chi connectivity index (χ1v) is 8.64. The topological polar surface area (TPSA) is 0 Å². The molecule has 1 atom stereocenters. The molecule has 0 aromatic rings. The molecule has 0 aliphatic rings. The van der Waals surface area contributed by atoms with Crippen molar-refractivity contribution in [3.63, 3.8) is 0 Å². The van der Waals surface area contributed by atoms with Crippen LogP contribution in [-0.2, 0) is 0 Å². The van der Waals surface area contributed by atoms with Crippen molar-refractivity contribution in [3.05, 3.63) is 24.3 Å². The zero-order chi connectivity index (χ0) is 16.6. The lowest BCUT2D eigenvalue weighted by Crippen LogP contribution is -2.16. The van der Waals surface area contributed by atoms with Crippen molar-refractivity contribution in [2.75, 3.05) is 0 Å². The first kappa shape index (κ1) is 24.5. The summed E-state index contributed by atoms with van der Waals surface area (Å²) >= 11 is 0. The second-order valence-corrected chi connectivity index (χ2v) is 5.89. The lowest BCUT2D eigenvalue weighted by molar-refractivity contribution is 0.380. The van der Waals surface area contributed by atoms with Crippen LogP contribution in [0.3, 0.4) is 0 Å². The van der Waals surface area contributed by atoms with Crippen LogP contribution >= 0.6 is 0 Å². The van der Waals surface area contributed by atoms with Gasteiger partial charge in [0.2, 0.25) is 0 Å². The van der Waals surface area contributed by atoms with Gasteiger partial charge in [-0.2, -0.15) is 0 Å². The van der Waals surface area contributed by atoms with Crippen molar-refractivity contribution in [2.45, 2.75) is 100 Å². The predicted octanol–water partition coefficient (Wildman–Crippen LogP) is 7.95. The van der Waals surface area contributed by atoms with Crippen molar-refractivity contribution in [1.82, 2.24) is 0 Å². The molecule has 122 valence electrons. The molecule has 0 nitrogen and oxygen atoms in total. The summed E-state index contributed by atoms with van der Waals surface area (Å²) in [5.41, 5.74) is 2.78. The van der Waals surface area contributed by atoms with Gasteiger partial charge in [-0.05, 0) is 32.1 Å². The highest BCUT2D eigenvalue weighted by molar-refractivity contribution is 5.10. The number of hydrogen-bond donors (Lipinski definition) is 0. The van der Waals surface area contributed by atoms with E-state index in [2.05, 4.69) is 54.7 Å². The summed E-state index contributed by atoms with van der Waals surface area (Å²) < 4.78 is 0. The van der Waals surface area contributed by atoms with E-state index in [4.69, 9.17) is 0 Å². The molecule has 0 aliphatic carbocycles. The third-order valence-electron chi connectivity index (χ3n) is 3.71. The molecule has 0 radical (unpaired) electrons. The van der Waals surface area contributed by atoms with Gasteiger partial charge >= 0.3 is 0 Å². The highest BCUT2D eigenvalue weighted by atomic mass is 14.3. The first-order valence-electron chi connectivity index (χ1n) is 8.64. The van der Waals surface area contributed by atoms with Gasteiger partial charge in [-0.25, -0.2) is 0 Å². The number of rotatable bonds is 8. The van der Waals surface area contributed by atoms with Crippen LogP contribution in [0, 0.1) is 5.41 Å². The van der Waals surface area contributed by atoms with Crippen LogP contribution in [0.5, 0.6) is 0 Å². The minimum Gasteiger partial charge on any atom is -0.100 e. The number of hydrogen-bond acceptors (Lipinski definition) is 0. The van der Waals surface area contributed by atoms with E-state index in [-0.39, 0.29) is 5.41 Å². The molecule has 0 spiro atoms. The Morgan fingerprint density at radius 2 is 1.25 bits per heavy atom. The molecular formula is C20H42. The Bertz CT molecular complexity index is 220. The van der Waals surface area contributed by atoms with Crippen LogP contribution in [0.15, 0.2) is 24.3 Å². The second-order valence-electron chi connectivity index (χ2n) is 5.89. The van der Waals surface area contributed by atoms with Crippen LogP contribution in [0.1, 0.15) is 100 Å². The zero-order valence-corrected chi connectivity index (χ0v) is 15.9. The van der Waals surface area contributed by atoms with Crippen LogP contribution in [0.2, 0.25) is 0 Å². The van der Waals surface area contributed by atoms with Gasteiger partial charge in [0.1, 0.15) is 0 Å². The molecule has 20 heavy (non-hydrogen) atoms. The van der Waals surface area contributed by atoms with Gasteiger partial charge in [0.25, 0.3) is 0 Å². The molecule has 0 heterocycles. The molecule has 0 aromatic heterocycles. The summed E-state index contributed by atoms with van der Waals surface area (Å²) in [4.78, 5) is 0. The second kappa shape index (κ2) is 16.5. The third-order valence-corrected chi connectivity index (χ3v) is 3.71. The molecule has 0 saturated heterocycles. The fraction of sp³-hybridized carbons (Fsp3) is 0.800. The van der Waals surface area contributed by atoms with E-state index in [0.29, 0.717) is 0 Å². The Hall–Kier alpha value is -0.520. The lowest BCUT2D eigenvalue weighted by Gasteiger charge is -2.29. The summed E-state index contributed by atoms with van der Waals surface area (Å²) in [5, 5.41) is 0. The summed E-state index contributed by atoms with van der Waals surface area (Å²) in [6.07, 6.45) is 9.22. The van der Waals surface area contributed by atoms with E-state index in [1.165, 1.54) is 43.3 Å². The molecule has 0 heteroatoms. The standard InChI is InChI=1S/C11H20.C7H16.C2H6/c1-7-11(6,10(4)5)8-9(2)3;1-3-5-7-6-4-2;1-2/h2,4,7-8H2,1,3,5-6H3;3-7H2,1-2H3;1-2H3. The van der Waals surface area contributed by atoms with E-state index in [1.807, 2.05) is 13.8 Å². The van der Waals surface area contributed by atoms with E-state index < -0.39 is 0 Å². The van der Waals surface area contributed by atoms with Crippen LogP contribution in [-0.4, -0.2) is 0 Å². The molecule has 0 N–H and O–H groups in total. The van der Waals surface area contributed by atoms with Gasteiger partial charge in [-0.1, -0.05) is 91.4 Å². The van der Waals surface area contributed by atoms with Crippen molar-refractivity contribution in [3.8, 4) is 0 Å². The van der Waals surface area contributed by atoms with E-state index in [0.717, 1.165) is 12.8 Å². The van der Waals surface area contributed by atoms with Gasteiger partial charge < -0.3 is 0 Å². The highest BCUT2D eigenvalue weighted by Gasteiger charge is 2.22. The largest absolute Gasteiger partial charge is 0.100 e. The normalized spacial score (nSPS) is 12.2. The monoisotopic (exact) mass is 282 g/mol. The molecule has 0 bridgehead atoms. The van der Waals surface area contributed by atoms with Gasteiger partial charge in [0.15, 0.2) is 0 Å². The Morgan fingerprint density at radius 3 is 1.40 bits per heavy atom. The fourth-order valence-electron chi connectivity index (χ4n) is 1.92. The molecule has 1 unspecified atom stereocenters. The summed E-state index contributed by atoms with van der Waals surface area (Å²) in [6.45, 7) is 25.1. The lowest BCUT2D eigenvalue weighted by atomic mass is 9.76. The molecular weight excluding hydrogens is 240 g/mol. The van der Waals surface area contributed by atoms with Gasteiger partial charge in [-0.15, -0.1) is 6.58 Å². The predicted molar refractivity (Wildman–Crippen MR) is 98.4 cm³/mol. The Kier molecular flexibility index (Phi) is 20.3. The van der Waals surface area contributed by atoms with Crippen molar-refractivity contribution in [2.24, 2.45) is 5.41 Å². The van der Waals surface area contributed by atoms with Gasteiger partial charge in [-0.3, -0.25) is 0 Å². The Labute approximate surface area is 130 Å². The maximum atomic E-state index is 4.01. The third kappa shape index (κ3) is 15.5. The maximum absolute atomic E-state index is 4.01. The average Bonchev–Trinajstić information content (AvgIpc) is 2.41. The summed E-state index contributed by atoms with van der Waals surface area (Å²) in [5.74, 6) is 0.